The first kappa shape index (κ1) is 13.0. The lowest BCUT2D eigenvalue weighted by Crippen LogP contribution is -2.32. The average molecular weight is 257 g/mol. The van der Waals surface area contributed by atoms with Gasteiger partial charge in [0, 0.05) is 11.6 Å². The Morgan fingerprint density at radius 3 is 2.58 bits per heavy atom. The lowest BCUT2D eigenvalue weighted by Gasteiger charge is -2.08. The van der Waals surface area contributed by atoms with E-state index in [4.69, 9.17) is 0 Å². The molecule has 2 aromatic rings. The minimum absolute atomic E-state index is 0.00402. The Hall–Kier alpha value is -2.43. The highest BCUT2D eigenvalue weighted by atomic mass is 16.2. The number of nitrogens with zero attached hydrogens (tertiary/aromatic N) is 1. The number of nitrogens with one attached hydrogen (secondary N) is 2. The minimum Gasteiger partial charge on any atom is -0.349 e. The van der Waals surface area contributed by atoms with Crippen LogP contribution in [0.2, 0.25) is 0 Å². The molecule has 0 saturated carbocycles. The molecular formula is C14H15N3O2. The van der Waals surface area contributed by atoms with Crippen LogP contribution in [-0.4, -0.2) is 21.9 Å². The number of benzene rings is 1. The predicted octanol–water partition coefficient (Wildman–Crippen LogP) is 1.58. The lowest BCUT2D eigenvalue weighted by molar-refractivity contribution is 0.0937. The van der Waals surface area contributed by atoms with Gasteiger partial charge in [-0.1, -0.05) is 30.3 Å². The normalized spacial score (nSPS) is 10.5. The maximum absolute atomic E-state index is 11.9. The molecule has 1 aromatic carbocycles. The highest BCUT2D eigenvalue weighted by Crippen LogP contribution is 2.15. The number of amides is 1. The van der Waals surface area contributed by atoms with Crippen LogP contribution in [0.1, 0.15) is 24.3 Å². The van der Waals surface area contributed by atoms with E-state index in [1.54, 1.807) is 6.07 Å². The van der Waals surface area contributed by atoms with Crippen molar-refractivity contribution in [1.82, 2.24) is 15.3 Å². The van der Waals surface area contributed by atoms with Gasteiger partial charge in [0.2, 0.25) is 0 Å². The summed E-state index contributed by atoms with van der Waals surface area (Å²) in [7, 11) is 0. The molecule has 0 unspecified atom stereocenters. The molecule has 2 rings (SSSR count). The van der Waals surface area contributed by atoms with E-state index in [0.717, 1.165) is 5.56 Å². The van der Waals surface area contributed by atoms with Gasteiger partial charge >= 0.3 is 5.69 Å². The Balaban J connectivity index is 2.41. The van der Waals surface area contributed by atoms with Gasteiger partial charge in [-0.3, -0.25) is 4.79 Å². The SMILES string of the molecule is CC(C)NC(=O)c1cc(-c2ccccc2)nc(=O)[nH]1. The smallest absolute Gasteiger partial charge is 0.346 e. The van der Waals surface area contributed by atoms with Crippen LogP contribution in [-0.2, 0) is 0 Å². The maximum Gasteiger partial charge on any atom is 0.346 e. The van der Waals surface area contributed by atoms with Crippen molar-refractivity contribution >= 4 is 5.91 Å². The molecule has 0 spiro atoms. The molecule has 0 saturated heterocycles. The van der Waals surface area contributed by atoms with Crippen LogP contribution in [0, 0.1) is 0 Å². The van der Waals surface area contributed by atoms with E-state index in [-0.39, 0.29) is 17.6 Å². The third-order valence-electron chi connectivity index (χ3n) is 2.48. The van der Waals surface area contributed by atoms with Crippen LogP contribution in [0.3, 0.4) is 0 Å². The average Bonchev–Trinajstić information content (AvgIpc) is 2.38. The van der Waals surface area contributed by atoms with Crippen LogP contribution in [0.4, 0.5) is 0 Å². The highest BCUT2D eigenvalue weighted by molar-refractivity contribution is 5.93. The van der Waals surface area contributed by atoms with E-state index in [1.165, 1.54) is 0 Å². The van der Waals surface area contributed by atoms with E-state index in [9.17, 15) is 9.59 Å². The standard InChI is InChI=1S/C14H15N3O2/c1-9(2)15-13(18)12-8-11(16-14(19)17-12)10-6-4-3-5-7-10/h3-9H,1-2H3,(H,15,18)(H,16,17,19). The summed E-state index contributed by atoms with van der Waals surface area (Å²) in [6.07, 6.45) is 0. The van der Waals surface area contributed by atoms with Gasteiger partial charge in [-0.15, -0.1) is 0 Å². The Bertz CT molecular complexity index is 633. The molecule has 1 amide bonds. The van der Waals surface area contributed by atoms with E-state index >= 15 is 0 Å². The molecule has 0 fully saturated rings. The Morgan fingerprint density at radius 2 is 1.95 bits per heavy atom. The van der Waals surface area contributed by atoms with Gasteiger partial charge in [-0.25, -0.2) is 4.79 Å². The van der Waals surface area contributed by atoms with Crippen LogP contribution >= 0.6 is 0 Å². The third-order valence-corrected chi connectivity index (χ3v) is 2.48. The van der Waals surface area contributed by atoms with Gasteiger partial charge < -0.3 is 10.3 Å². The van der Waals surface area contributed by atoms with Crippen molar-refractivity contribution in [2.45, 2.75) is 19.9 Å². The number of H-pyrrole nitrogens is 1. The first-order chi connectivity index (χ1) is 9.06. The largest absolute Gasteiger partial charge is 0.349 e. The number of aromatic nitrogens is 2. The first-order valence-electron chi connectivity index (χ1n) is 6.04. The number of hydrogen-bond donors (Lipinski definition) is 2. The van der Waals surface area contributed by atoms with Crippen molar-refractivity contribution in [3.63, 3.8) is 0 Å². The number of carbonyl (C=O) groups is 1. The fourth-order valence-corrected chi connectivity index (χ4v) is 1.68. The molecule has 2 N–H and O–H groups in total. The fraction of sp³-hybridized carbons (Fsp3) is 0.214. The van der Waals surface area contributed by atoms with Gasteiger partial charge in [-0.05, 0) is 19.9 Å². The van der Waals surface area contributed by atoms with Gasteiger partial charge in [0.05, 0.1) is 5.69 Å². The van der Waals surface area contributed by atoms with Gasteiger partial charge in [-0.2, -0.15) is 4.98 Å². The summed E-state index contributed by atoms with van der Waals surface area (Å²) in [4.78, 5) is 29.7. The summed E-state index contributed by atoms with van der Waals surface area (Å²) in [5.41, 5.74) is 0.966. The van der Waals surface area contributed by atoms with Gasteiger partial charge in [0.1, 0.15) is 5.69 Å². The van der Waals surface area contributed by atoms with Crippen molar-refractivity contribution in [2.75, 3.05) is 0 Å². The summed E-state index contributed by atoms with van der Waals surface area (Å²) in [6, 6.07) is 10.8. The highest BCUT2D eigenvalue weighted by Gasteiger charge is 2.11. The molecule has 0 aliphatic rings. The van der Waals surface area contributed by atoms with E-state index in [1.807, 2.05) is 44.2 Å². The van der Waals surface area contributed by atoms with Crippen LogP contribution in [0.5, 0.6) is 0 Å². The molecule has 0 aliphatic heterocycles. The summed E-state index contributed by atoms with van der Waals surface area (Å²) in [5, 5.41) is 2.73. The quantitative estimate of drug-likeness (QED) is 0.876. The van der Waals surface area contributed by atoms with Gasteiger partial charge in [0.25, 0.3) is 5.91 Å². The second-order valence-electron chi connectivity index (χ2n) is 4.48. The van der Waals surface area contributed by atoms with Crippen molar-refractivity contribution in [3.05, 3.63) is 52.6 Å². The number of rotatable bonds is 3. The zero-order valence-electron chi connectivity index (χ0n) is 10.8. The van der Waals surface area contributed by atoms with Gasteiger partial charge in [0.15, 0.2) is 0 Å². The summed E-state index contributed by atoms with van der Waals surface area (Å²) < 4.78 is 0. The molecule has 5 nitrogen and oxygen atoms in total. The molecule has 19 heavy (non-hydrogen) atoms. The Morgan fingerprint density at radius 1 is 1.26 bits per heavy atom. The number of carbonyl (C=O) groups excluding carboxylic acids is 1. The van der Waals surface area contributed by atoms with E-state index in [0.29, 0.717) is 5.69 Å². The van der Waals surface area contributed by atoms with Crippen molar-refractivity contribution < 1.29 is 4.79 Å². The summed E-state index contributed by atoms with van der Waals surface area (Å²) in [5.74, 6) is -0.313. The zero-order chi connectivity index (χ0) is 13.8. The summed E-state index contributed by atoms with van der Waals surface area (Å²) in [6.45, 7) is 3.71. The van der Waals surface area contributed by atoms with Crippen molar-refractivity contribution in [2.24, 2.45) is 0 Å². The second kappa shape index (κ2) is 5.48. The van der Waals surface area contributed by atoms with Crippen LogP contribution in [0.15, 0.2) is 41.2 Å². The second-order valence-corrected chi connectivity index (χ2v) is 4.48. The van der Waals surface area contributed by atoms with Crippen LogP contribution < -0.4 is 11.0 Å². The first-order valence-corrected chi connectivity index (χ1v) is 6.04. The fourth-order valence-electron chi connectivity index (χ4n) is 1.68. The summed E-state index contributed by atoms with van der Waals surface area (Å²) >= 11 is 0. The molecule has 5 heteroatoms. The maximum atomic E-state index is 11.9. The van der Waals surface area contributed by atoms with E-state index in [2.05, 4.69) is 15.3 Å². The monoisotopic (exact) mass is 257 g/mol. The molecule has 1 heterocycles. The van der Waals surface area contributed by atoms with E-state index < -0.39 is 5.69 Å². The zero-order valence-corrected chi connectivity index (χ0v) is 10.8. The predicted molar refractivity (Wildman–Crippen MR) is 72.9 cm³/mol. The van der Waals surface area contributed by atoms with Crippen LogP contribution in [0.25, 0.3) is 11.3 Å². The van der Waals surface area contributed by atoms with Crippen molar-refractivity contribution in [3.8, 4) is 11.3 Å². The molecular weight excluding hydrogens is 242 g/mol. The Kier molecular flexibility index (Phi) is 3.75. The molecule has 98 valence electrons. The van der Waals surface area contributed by atoms with Crippen molar-refractivity contribution in [1.29, 1.82) is 0 Å². The minimum atomic E-state index is -0.532. The molecule has 0 radical (unpaired) electrons. The third kappa shape index (κ3) is 3.28. The molecule has 0 atom stereocenters. The lowest BCUT2D eigenvalue weighted by atomic mass is 10.1. The number of aromatic amines is 1. The molecule has 0 aliphatic carbocycles. The Labute approximate surface area is 110 Å². The topological polar surface area (TPSA) is 74.8 Å². The molecule has 0 bridgehead atoms. The molecule has 1 aromatic heterocycles. The number of hydrogen-bond acceptors (Lipinski definition) is 3.